The molecule has 0 aliphatic carbocycles. The fourth-order valence-electron chi connectivity index (χ4n) is 1.40. The van der Waals surface area contributed by atoms with Gasteiger partial charge in [0.2, 0.25) is 6.54 Å². The lowest BCUT2D eigenvalue weighted by Crippen LogP contribution is -2.22. The number of hydrogen-bond acceptors (Lipinski definition) is 5. The lowest BCUT2D eigenvalue weighted by molar-refractivity contribution is -0.487. The number of nitro groups is 1. The number of esters is 1. The van der Waals surface area contributed by atoms with E-state index in [0.29, 0.717) is 12.7 Å². The van der Waals surface area contributed by atoms with E-state index in [-0.39, 0.29) is 13.2 Å². The minimum atomic E-state index is -0.572. The van der Waals surface area contributed by atoms with E-state index < -0.39 is 22.7 Å². The predicted molar refractivity (Wildman–Crippen MR) is 61.0 cm³/mol. The highest BCUT2D eigenvalue weighted by atomic mass is 16.6. The Morgan fingerprint density at radius 2 is 2.06 bits per heavy atom. The molecule has 96 valence electrons. The van der Waals surface area contributed by atoms with Crippen molar-refractivity contribution in [2.24, 2.45) is 11.8 Å². The molecule has 0 fully saturated rings. The van der Waals surface area contributed by atoms with Crippen LogP contribution in [0.25, 0.3) is 0 Å². The highest BCUT2D eigenvalue weighted by Gasteiger charge is 2.22. The zero-order valence-electron chi connectivity index (χ0n) is 10.00. The Morgan fingerprint density at radius 1 is 1.41 bits per heavy atom. The van der Waals surface area contributed by atoms with Gasteiger partial charge in [-0.1, -0.05) is 13.0 Å². The molecule has 0 unspecified atom stereocenters. The summed E-state index contributed by atoms with van der Waals surface area (Å²) in [6, 6.07) is 0. The van der Waals surface area contributed by atoms with Crippen molar-refractivity contribution in [3.05, 3.63) is 22.3 Å². The third-order valence-electron chi connectivity index (χ3n) is 2.32. The van der Waals surface area contributed by atoms with Crippen molar-refractivity contribution in [3.63, 3.8) is 0 Å². The van der Waals surface area contributed by atoms with Gasteiger partial charge in [0.1, 0.15) is 6.29 Å². The Hall–Kier alpha value is -1.72. The molecular formula is C11H17NO5. The Balaban J connectivity index is 4.62. The summed E-state index contributed by atoms with van der Waals surface area (Å²) in [6.07, 6.45) is 3.70. The summed E-state index contributed by atoms with van der Waals surface area (Å²) in [5.74, 6) is -1.58. The summed E-state index contributed by atoms with van der Waals surface area (Å²) in [7, 11) is 0. The fourth-order valence-corrected chi connectivity index (χ4v) is 1.40. The van der Waals surface area contributed by atoms with E-state index in [9.17, 15) is 19.7 Å². The molecule has 17 heavy (non-hydrogen) atoms. The second kappa shape index (κ2) is 8.43. The monoisotopic (exact) mass is 243 g/mol. The quantitative estimate of drug-likeness (QED) is 0.210. The van der Waals surface area contributed by atoms with Gasteiger partial charge in [-0.15, -0.1) is 0 Å². The highest BCUT2D eigenvalue weighted by Crippen LogP contribution is 2.15. The van der Waals surface area contributed by atoms with E-state index in [1.807, 2.05) is 0 Å². The van der Waals surface area contributed by atoms with Crippen LogP contribution in [0.15, 0.2) is 12.2 Å². The van der Waals surface area contributed by atoms with Crippen LogP contribution in [0.1, 0.15) is 20.3 Å². The summed E-state index contributed by atoms with van der Waals surface area (Å²) in [5.41, 5.74) is 0. The van der Waals surface area contributed by atoms with Crippen LogP contribution >= 0.6 is 0 Å². The normalized spacial score (nSPS) is 14.2. The average Bonchev–Trinajstić information content (AvgIpc) is 2.27. The molecule has 0 radical (unpaired) electrons. The van der Waals surface area contributed by atoms with Crippen LogP contribution in [0, 0.1) is 22.0 Å². The number of hydrogen-bond donors (Lipinski definition) is 0. The van der Waals surface area contributed by atoms with Gasteiger partial charge in [-0.2, -0.15) is 0 Å². The Kier molecular flexibility index (Phi) is 7.58. The van der Waals surface area contributed by atoms with Gasteiger partial charge >= 0.3 is 5.97 Å². The maximum Gasteiger partial charge on any atom is 0.330 e. The maximum atomic E-state index is 11.1. The van der Waals surface area contributed by atoms with Crippen molar-refractivity contribution < 1.29 is 19.2 Å². The van der Waals surface area contributed by atoms with Gasteiger partial charge in [0.25, 0.3) is 0 Å². The molecule has 0 aromatic rings. The summed E-state index contributed by atoms with van der Waals surface area (Å²) < 4.78 is 4.66. The maximum absolute atomic E-state index is 11.1. The van der Waals surface area contributed by atoms with Crippen molar-refractivity contribution >= 4 is 12.3 Å². The smallest absolute Gasteiger partial charge is 0.330 e. The summed E-state index contributed by atoms with van der Waals surface area (Å²) in [5, 5.41) is 10.5. The van der Waals surface area contributed by atoms with Gasteiger partial charge in [-0.3, -0.25) is 10.1 Å². The van der Waals surface area contributed by atoms with Crippen molar-refractivity contribution in [2.45, 2.75) is 20.3 Å². The van der Waals surface area contributed by atoms with Crippen molar-refractivity contribution in [3.8, 4) is 0 Å². The van der Waals surface area contributed by atoms with E-state index in [4.69, 9.17) is 0 Å². The molecule has 0 aromatic heterocycles. The number of carbonyl (C=O) groups excluding carboxylic acids is 2. The van der Waals surface area contributed by atoms with Crippen LogP contribution in [0.5, 0.6) is 0 Å². The van der Waals surface area contributed by atoms with Gasteiger partial charge in [-0.25, -0.2) is 4.79 Å². The molecular weight excluding hydrogens is 226 g/mol. The van der Waals surface area contributed by atoms with Gasteiger partial charge in [0, 0.05) is 16.9 Å². The molecule has 0 aromatic carbocycles. The molecule has 0 saturated heterocycles. The number of carbonyl (C=O) groups is 2. The first kappa shape index (κ1) is 15.3. The number of nitrogens with zero attached hydrogens (tertiary/aromatic N) is 1. The van der Waals surface area contributed by atoms with E-state index >= 15 is 0 Å². The summed E-state index contributed by atoms with van der Waals surface area (Å²) in [4.78, 5) is 31.8. The first-order valence-corrected chi connectivity index (χ1v) is 5.47. The molecule has 0 saturated carbocycles. The van der Waals surface area contributed by atoms with Gasteiger partial charge in [0.15, 0.2) is 0 Å². The molecule has 0 amide bonds. The van der Waals surface area contributed by atoms with Crippen LogP contribution in [0.2, 0.25) is 0 Å². The molecule has 0 N–H and O–H groups in total. The van der Waals surface area contributed by atoms with Gasteiger partial charge in [-0.05, 0) is 13.3 Å². The van der Waals surface area contributed by atoms with Gasteiger partial charge in [0.05, 0.1) is 12.5 Å². The van der Waals surface area contributed by atoms with Crippen molar-refractivity contribution in [1.82, 2.24) is 0 Å². The summed E-state index contributed by atoms with van der Waals surface area (Å²) >= 11 is 0. The summed E-state index contributed by atoms with van der Waals surface area (Å²) in [6.45, 7) is 3.31. The average molecular weight is 243 g/mol. The van der Waals surface area contributed by atoms with E-state index in [1.54, 1.807) is 13.8 Å². The third-order valence-corrected chi connectivity index (χ3v) is 2.32. The van der Waals surface area contributed by atoms with Crippen LogP contribution in [0.3, 0.4) is 0 Å². The van der Waals surface area contributed by atoms with Crippen molar-refractivity contribution in [2.75, 3.05) is 13.2 Å². The molecule has 0 aliphatic heterocycles. The molecule has 0 rings (SSSR count). The molecule has 0 bridgehead atoms. The SMILES string of the molecule is CCOC(=O)/C=C/[C@@H](C[N+](=O)[O-])[C@H](C=O)CC. The minimum Gasteiger partial charge on any atom is -0.463 e. The lowest BCUT2D eigenvalue weighted by atomic mass is 9.91. The Labute approximate surface area is 99.8 Å². The Bertz CT molecular complexity index is 300. The second-order valence-corrected chi connectivity index (χ2v) is 3.50. The first-order valence-electron chi connectivity index (χ1n) is 5.47. The van der Waals surface area contributed by atoms with Crippen LogP contribution in [0.4, 0.5) is 0 Å². The van der Waals surface area contributed by atoms with Crippen molar-refractivity contribution in [1.29, 1.82) is 0 Å². The Morgan fingerprint density at radius 3 is 2.47 bits per heavy atom. The number of aldehydes is 1. The fraction of sp³-hybridized carbons (Fsp3) is 0.636. The van der Waals surface area contributed by atoms with Crippen LogP contribution < -0.4 is 0 Å². The van der Waals surface area contributed by atoms with Crippen LogP contribution in [-0.2, 0) is 14.3 Å². The standard InChI is InChI=1S/C11H17NO5/c1-3-9(8-13)10(7-12(15)16)5-6-11(14)17-4-2/h5-6,8-10H,3-4,7H2,1-2H3/b6-5+/t9-,10-/m0/s1. The van der Waals surface area contributed by atoms with E-state index in [1.165, 1.54) is 6.08 Å². The molecule has 6 nitrogen and oxygen atoms in total. The topological polar surface area (TPSA) is 86.5 Å². The minimum absolute atomic E-state index is 0.244. The largest absolute Gasteiger partial charge is 0.463 e. The van der Waals surface area contributed by atoms with E-state index in [0.717, 1.165) is 6.08 Å². The first-order chi connectivity index (χ1) is 8.04. The van der Waals surface area contributed by atoms with Crippen LogP contribution in [-0.4, -0.2) is 30.3 Å². The second-order valence-electron chi connectivity index (χ2n) is 3.50. The molecule has 0 aliphatic rings. The van der Waals surface area contributed by atoms with Gasteiger partial charge < -0.3 is 9.53 Å². The zero-order valence-corrected chi connectivity index (χ0v) is 10.00. The zero-order chi connectivity index (χ0) is 13.3. The molecule has 0 heterocycles. The van der Waals surface area contributed by atoms with E-state index in [2.05, 4.69) is 4.74 Å². The molecule has 6 heteroatoms. The number of ether oxygens (including phenoxy) is 1. The number of rotatable bonds is 8. The lowest BCUT2D eigenvalue weighted by Gasteiger charge is -2.13. The highest BCUT2D eigenvalue weighted by molar-refractivity contribution is 5.82. The predicted octanol–water partition coefficient (Wildman–Crippen LogP) is 1.22. The molecule has 2 atom stereocenters. The molecule has 0 spiro atoms. The third kappa shape index (κ3) is 6.44.